The van der Waals surface area contributed by atoms with Crippen LogP contribution in [0.5, 0.6) is 0 Å². The average Bonchev–Trinajstić information content (AvgIpc) is 2.60. The number of hydrogen-bond acceptors (Lipinski definition) is 3. The van der Waals surface area contributed by atoms with E-state index in [-0.39, 0.29) is 17.9 Å². The van der Waals surface area contributed by atoms with Gasteiger partial charge in [0.05, 0.1) is 12.2 Å². The van der Waals surface area contributed by atoms with E-state index in [0.717, 1.165) is 14.9 Å². The number of nitrogens with zero attached hydrogens (tertiary/aromatic N) is 2. The lowest BCUT2D eigenvalue weighted by molar-refractivity contribution is 0.0525. The first-order valence-electron chi connectivity index (χ1n) is 7.30. The van der Waals surface area contributed by atoms with Crippen molar-refractivity contribution in [3.8, 4) is 0 Å². The summed E-state index contributed by atoms with van der Waals surface area (Å²) in [6, 6.07) is 0. The Hall–Kier alpha value is -1.79. The fourth-order valence-corrected chi connectivity index (χ4v) is 2.65. The third kappa shape index (κ3) is 3.18. The monoisotopic (exact) mass is 313 g/mol. The highest BCUT2D eigenvalue weighted by Gasteiger charge is 2.36. The van der Waals surface area contributed by atoms with Gasteiger partial charge in [-0.15, -0.1) is 0 Å². The number of esters is 1. The molecular weight excluding hydrogens is 289 g/mol. The van der Waals surface area contributed by atoms with Gasteiger partial charge in [-0.3, -0.25) is 0 Å². The summed E-state index contributed by atoms with van der Waals surface area (Å²) in [6.07, 6.45) is 1.40. The summed E-state index contributed by atoms with van der Waals surface area (Å²) in [7, 11) is 1.34. The van der Waals surface area contributed by atoms with Gasteiger partial charge in [0.2, 0.25) is 0 Å². The first-order chi connectivity index (χ1) is 10.1. The fourth-order valence-electron chi connectivity index (χ4n) is 2.65. The summed E-state index contributed by atoms with van der Waals surface area (Å²) in [5.41, 5.74) is 2.13. The second-order valence-corrected chi connectivity index (χ2v) is 5.72. The van der Waals surface area contributed by atoms with Crippen molar-refractivity contribution in [2.24, 2.45) is 0 Å². The Morgan fingerprint density at radius 2 is 1.82 bits per heavy atom. The molecule has 0 aliphatic carbocycles. The number of aromatic nitrogens is 1. The summed E-state index contributed by atoms with van der Waals surface area (Å²) in [5, 5.41) is 0. The molecule has 1 aromatic heterocycles. The molecule has 0 aliphatic rings. The van der Waals surface area contributed by atoms with Crippen LogP contribution in [0.3, 0.4) is 0 Å². The summed E-state index contributed by atoms with van der Waals surface area (Å²) in [6.45, 7) is 6.17. The molecule has 1 rings (SSSR count). The van der Waals surface area contributed by atoms with Gasteiger partial charge in [0.15, 0.2) is 0 Å². The molecule has 0 amide bonds. The lowest BCUT2D eigenvalue weighted by Gasteiger charge is -2.38. The van der Waals surface area contributed by atoms with Crippen LogP contribution < -0.4 is 0 Å². The standard InChI is InChI=1S/C15H24BF2N2O2/c1-8-22-15(21)14-11(4)12(5)20(13(14)6)16(17,18)19(7)9-10(2)3/h9H,8H2,1-7H3/q-1. The number of carbonyl (C=O) groups excluding carboxylic acids is 1. The van der Waals surface area contributed by atoms with Gasteiger partial charge in [-0.2, -0.15) is 0 Å². The Morgan fingerprint density at radius 3 is 2.27 bits per heavy atom. The maximum atomic E-state index is 14.8. The molecule has 0 aliphatic heterocycles. The van der Waals surface area contributed by atoms with E-state index in [0.29, 0.717) is 11.3 Å². The summed E-state index contributed by atoms with van der Waals surface area (Å²) < 4.78 is 35.6. The van der Waals surface area contributed by atoms with E-state index in [9.17, 15) is 13.4 Å². The SMILES string of the molecule is CCOC(=O)c1c(C)c(C)n([B-](F)(F)N(C)C=C(C)C)c1C. The van der Waals surface area contributed by atoms with Crippen LogP contribution in [-0.2, 0) is 4.74 Å². The maximum absolute atomic E-state index is 14.8. The molecule has 7 heteroatoms. The Balaban J connectivity index is 3.46. The van der Waals surface area contributed by atoms with E-state index in [1.165, 1.54) is 20.2 Å². The molecule has 22 heavy (non-hydrogen) atoms. The van der Waals surface area contributed by atoms with E-state index < -0.39 is 12.9 Å². The van der Waals surface area contributed by atoms with Gasteiger partial charge >= 0.3 is 12.9 Å². The van der Waals surface area contributed by atoms with Gasteiger partial charge < -0.3 is 22.7 Å². The van der Waals surface area contributed by atoms with Crippen LogP contribution in [0.2, 0.25) is 0 Å². The molecule has 0 radical (unpaired) electrons. The molecule has 124 valence electrons. The van der Waals surface area contributed by atoms with E-state index in [1.807, 2.05) is 0 Å². The van der Waals surface area contributed by atoms with Crippen molar-refractivity contribution in [1.82, 2.24) is 9.29 Å². The molecule has 0 N–H and O–H groups in total. The van der Waals surface area contributed by atoms with Crippen molar-refractivity contribution >= 4 is 12.9 Å². The number of hydrogen-bond donors (Lipinski definition) is 0. The van der Waals surface area contributed by atoms with Crippen LogP contribution in [0, 0.1) is 20.8 Å². The Bertz CT molecular complexity index is 605. The van der Waals surface area contributed by atoms with E-state index in [1.54, 1.807) is 34.6 Å². The van der Waals surface area contributed by atoms with Crippen molar-refractivity contribution < 1.29 is 18.2 Å². The largest absolute Gasteiger partial charge is 0.528 e. The molecule has 1 heterocycles. The summed E-state index contributed by atoms with van der Waals surface area (Å²) >= 11 is 0. The number of allylic oxidation sites excluding steroid dienone is 1. The van der Waals surface area contributed by atoms with Gasteiger partial charge in [-0.1, -0.05) is 5.57 Å². The second kappa shape index (κ2) is 6.54. The zero-order chi connectivity index (χ0) is 17.2. The molecule has 0 atom stereocenters. The summed E-state index contributed by atoms with van der Waals surface area (Å²) in [5.74, 6) is -0.559. The molecule has 4 nitrogen and oxygen atoms in total. The molecule has 0 unspecified atom stereocenters. The molecule has 0 saturated heterocycles. The molecule has 0 saturated carbocycles. The minimum absolute atomic E-state index is 0.209. The zero-order valence-electron chi connectivity index (χ0n) is 14.3. The van der Waals surface area contributed by atoms with Gasteiger partial charge in [0, 0.05) is 0 Å². The molecule has 0 spiro atoms. The Kier molecular flexibility index (Phi) is 5.43. The van der Waals surface area contributed by atoms with Gasteiger partial charge in [-0.05, 0) is 71.7 Å². The first-order valence-corrected chi connectivity index (χ1v) is 7.30. The van der Waals surface area contributed by atoms with Crippen molar-refractivity contribution in [2.75, 3.05) is 13.7 Å². The van der Waals surface area contributed by atoms with Crippen LogP contribution in [-0.4, -0.2) is 35.9 Å². The summed E-state index contributed by atoms with van der Waals surface area (Å²) in [4.78, 5) is 12.9. The quantitative estimate of drug-likeness (QED) is 0.614. The highest BCUT2D eigenvalue weighted by atomic mass is 19.2. The number of ether oxygens (including phenoxy) is 1. The van der Waals surface area contributed by atoms with E-state index in [2.05, 4.69) is 0 Å². The smallest absolute Gasteiger partial charge is 0.479 e. The van der Waals surface area contributed by atoms with Crippen molar-refractivity contribution in [3.63, 3.8) is 0 Å². The molecule has 0 fully saturated rings. The molecular formula is C15H24BF2N2O2-. The third-order valence-electron chi connectivity index (χ3n) is 3.74. The molecule has 0 aromatic carbocycles. The van der Waals surface area contributed by atoms with Crippen LogP contribution in [0.15, 0.2) is 11.8 Å². The highest BCUT2D eigenvalue weighted by molar-refractivity contribution is 6.62. The van der Waals surface area contributed by atoms with Crippen LogP contribution in [0.4, 0.5) is 8.63 Å². The topological polar surface area (TPSA) is 34.5 Å². The predicted molar refractivity (Wildman–Crippen MR) is 85.2 cm³/mol. The average molecular weight is 313 g/mol. The Labute approximate surface area is 130 Å². The van der Waals surface area contributed by atoms with Crippen LogP contribution in [0.1, 0.15) is 48.1 Å². The lowest BCUT2D eigenvalue weighted by Crippen LogP contribution is -2.49. The number of halogens is 2. The first kappa shape index (κ1) is 18.3. The number of carbonyl (C=O) groups is 1. The third-order valence-corrected chi connectivity index (χ3v) is 3.74. The normalized spacial score (nSPS) is 11.3. The lowest BCUT2D eigenvalue weighted by atomic mass is 9.93. The van der Waals surface area contributed by atoms with Gasteiger partial charge in [-0.25, -0.2) is 4.79 Å². The fraction of sp³-hybridized carbons (Fsp3) is 0.533. The minimum Gasteiger partial charge on any atom is -0.479 e. The van der Waals surface area contributed by atoms with Crippen LogP contribution >= 0.6 is 0 Å². The number of rotatable bonds is 5. The van der Waals surface area contributed by atoms with Crippen molar-refractivity contribution in [2.45, 2.75) is 41.5 Å². The molecule has 0 bridgehead atoms. The van der Waals surface area contributed by atoms with Crippen LogP contribution in [0.25, 0.3) is 0 Å². The minimum atomic E-state index is -4.03. The zero-order valence-corrected chi connectivity index (χ0v) is 14.3. The molecule has 1 aromatic rings. The van der Waals surface area contributed by atoms with Gasteiger partial charge in [0.25, 0.3) is 0 Å². The van der Waals surface area contributed by atoms with Gasteiger partial charge in [0.1, 0.15) is 0 Å². The predicted octanol–water partition coefficient (Wildman–Crippen LogP) is 3.67. The highest BCUT2D eigenvalue weighted by Crippen LogP contribution is 2.29. The van der Waals surface area contributed by atoms with E-state index in [4.69, 9.17) is 4.74 Å². The maximum Gasteiger partial charge on any atom is 0.528 e. The van der Waals surface area contributed by atoms with E-state index >= 15 is 0 Å². The Morgan fingerprint density at radius 1 is 1.27 bits per heavy atom. The second-order valence-electron chi connectivity index (χ2n) is 5.72. The van der Waals surface area contributed by atoms with Crippen molar-refractivity contribution in [1.29, 1.82) is 0 Å². The van der Waals surface area contributed by atoms with Crippen molar-refractivity contribution in [3.05, 3.63) is 34.3 Å².